The first-order valence-electron chi connectivity index (χ1n) is 5.23. The lowest BCUT2D eigenvalue weighted by Crippen LogP contribution is -2.46. The summed E-state index contributed by atoms with van der Waals surface area (Å²) in [6.07, 6.45) is 7.58. The Balaban J connectivity index is 1.98. The fourth-order valence-electron chi connectivity index (χ4n) is 2.07. The lowest BCUT2D eigenvalue weighted by molar-refractivity contribution is -0.140. The molecule has 2 nitrogen and oxygen atoms in total. The fraction of sp³-hybridized carbons (Fsp3) is 0.727. The third-order valence-electron chi connectivity index (χ3n) is 3.24. The van der Waals surface area contributed by atoms with Crippen molar-refractivity contribution in [1.29, 1.82) is 0 Å². The molecule has 2 unspecified atom stereocenters. The van der Waals surface area contributed by atoms with E-state index in [0.717, 1.165) is 25.9 Å². The van der Waals surface area contributed by atoms with Crippen molar-refractivity contribution in [2.75, 3.05) is 13.1 Å². The first-order valence-corrected chi connectivity index (χ1v) is 5.23. The van der Waals surface area contributed by atoms with E-state index in [9.17, 15) is 4.79 Å². The lowest BCUT2D eigenvalue weighted by Gasteiger charge is -2.36. The van der Waals surface area contributed by atoms with Gasteiger partial charge in [0.1, 0.15) is 0 Å². The molecule has 0 aromatic rings. The van der Waals surface area contributed by atoms with E-state index in [1.165, 1.54) is 6.42 Å². The summed E-state index contributed by atoms with van der Waals surface area (Å²) in [6, 6.07) is 0. The van der Waals surface area contributed by atoms with Gasteiger partial charge in [-0.3, -0.25) is 4.79 Å². The van der Waals surface area contributed by atoms with Crippen molar-refractivity contribution in [2.24, 2.45) is 11.8 Å². The van der Waals surface area contributed by atoms with E-state index in [1.807, 2.05) is 4.90 Å². The van der Waals surface area contributed by atoms with Gasteiger partial charge in [0.2, 0.25) is 5.91 Å². The summed E-state index contributed by atoms with van der Waals surface area (Å²) >= 11 is 0. The molecule has 72 valence electrons. The van der Waals surface area contributed by atoms with Gasteiger partial charge in [0.15, 0.2) is 0 Å². The Morgan fingerprint density at radius 1 is 1.31 bits per heavy atom. The van der Waals surface area contributed by atoms with Crippen LogP contribution in [0.5, 0.6) is 0 Å². The van der Waals surface area contributed by atoms with Crippen LogP contribution in [0.25, 0.3) is 0 Å². The van der Waals surface area contributed by atoms with Crippen LogP contribution in [0, 0.1) is 11.8 Å². The van der Waals surface area contributed by atoms with Crippen LogP contribution in [0.1, 0.15) is 26.2 Å². The lowest BCUT2D eigenvalue weighted by atomic mass is 9.83. The molecule has 0 aromatic carbocycles. The van der Waals surface area contributed by atoms with Crippen molar-refractivity contribution < 1.29 is 4.79 Å². The highest BCUT2D eigenvalue weighted by Gasteiger charge is 2.31. The second-order valence-electron chi connectivity index (χ2n) is 4.21. The Kier molecular flexibility index (Phi) is 2.38. The maximum atomic E-state index is 11.9. The van der Waals surface area contributed by atoms with Crippen LogP contribution in [0.2, 0.25) is 0 Å². The number of nitrogens with zero attached hydrogens (tertiary/aromatic N) is 1. The standard InChI is InChI=1S/C11H17NO/c1-9-5-2-3-6-10(9)11(13)12-7-4-8-12/h2-3,9-10H,4-8H2,1H3. The number of likely N-dealkylation sites (tertiary alicyclic amines) is 1. The molecule has 2 aliphatic rings. The van der Waals surface area contributed by atoms with Crippen molar-refractivity contribution in [3.05, 3.63) is 12.2 Å². The number of amides is 1. The number of carbonyl (C=O) groups is 1. The predicted octanol–water partition coefficient (Wildman–Crippen LogP) is 1.82. The van der Waals surface area contributed by atoms with Crippen LogP contribution in [-0.4, -0.2) is 23.9 Å². The number of hydrogen-bond acceptors (Lipinski definition) is 1. The third kappa shape index (κ3) is 1.62. The number of carbonyl (C=O) groups excluding carboxylic acids is 1. The smallest absolute Gasteiger partial charge is 0.226 e. The van der Waals surface area contributed by atoms with Crippen LogP contribution < -0.4 is 0 Å². The van der Waals surface area contributed by atoms with E-state index in [0.29, 0.717) is 11.8 Å². The molecule has 1 aliphatic carbocycles. The van der Waals surface area contributed by atoms with Gasteiger partial charge < -0.3 is 4.90 Å². The van der Waals surface area contributed by atoms with Gasteiger partial charge in [-0.25, -0.2) is 0 Å². The van der Waals surface area contributed by atoms with Crippen LogP contribution in [0.4, 0.5) is 0 Å². The van der Waals surface area contributed by atoms with Gasteiger partial charge in [0.25, 0.3) is 0 Å². The second-order valence-corrected chi connectivity index (χ2v) is 4.21. The van der Waals surface area contributed by atoms with Gasteiger partial charge in [0.05, 0.1) is 0 Å². The van der Waals surface area contributed by atoms with E-state index in [1.54, 1.807) is 0 Å². The molecule has 1 amide bonds. The molecule has 0 bridgehead atoms. The van der Waals surface area contributed by atoms with Crippen LogP contribution >= 0.6 is 0 Å². The molecule has 2 heteroatoms. The Morgan fingerprint density at radius 2 is 2.00 bits per heavy atom. The minimum Gasteiger partial charge on any atom is -0.342 e. The zero-order valence-electron chi connectivity index (χ0n) is 8.20. The Morgan fingerprint density at radius 3 is 2.54 bits per heavy atom. The summed E-state index contributed by atoms with van der Waals surface area (Å²) in [4.78, 5) is 13.9. The summed E-state index contributed by atoms with van der Waals surface area (Å²) in [7, 11) is 0. The minimum absolute atomic E-state index is 0.269. The first-order chi connectivity index (χ1) is 6.29. The van der Waals surface area contributed by atoms with E-state index < -0.39 is 0 Å². The predicted molar refractivity (Wildman–Crippen MR) is 52.2 cm³/mol. The molecule has 0 radical (unpaired) electrons. The minimum atomic E-state index is 0.269. The first kappa shape index (κ1) is 8.79. The average Bonchev–Trinajstić information content (AvgIpc) is 2.01. The maximum absolute atomic E-state index is 11.9. The van der Waals surface area contributed by atoms with Gasteiger partial charge in [-0.05, 0) is 25.2 Å². The maximum Gasteiger partial charge on any atom is 0.226 e. The van der Waals surface area contributed by atoms with E-state index in [4.69, 9.17) is 0 Å². The van der Waals surface area contributed by atoms with Crippen LogP contribution in [-0.2, 0) is 4.79 Å². The Bertz CT molecular complexity index is 230. The molecule has 1 heterocycles. The quantitative estimate of drug-likeness (QED) is 0.562. The van der Waals surface area contributed by atoms with Gasteiger partial charge in [0, 0.05) is 19.0 Å². The van der Waals surface area contributed by atoms with Gasteiger partial charge in [-0.2, -0.15) is 0 Å². The van der Waals surface area contributed by atoms with E-state index in [-0.39, 0.29) is 5.92 Å². The van der Waals surface area contributed by atoms with Crippen molar-refractivity contribution >= 4 is 5.91 Å². The molecule has 1 saturated heterocycles. The molecule has 13 heavy (non-hydrogen) atoms. The summed E-state index contributed by atoms with van der Waals surface area (Å²) in [5, 5.41) is 0. The molecule has 1 fully saturated rings. The van der Waals surface area contributed by atoms with Crippen LogP contribution in [0.15, 0.2) is 12.2 Å². The molecule has 0 N–H and O–H groups in total. The molecule has 2 rings (SSSR count). The molecule has 0 saturated carbocycles. The highest BCUT2D eigenvalue weighted by molar-refractivity contribution is 5.80. The van der Waals surface area contributed by atoms with E-state index >= 15 is 0 Å². The zero-order chi connectivity index (χ0) is 9.26. The molecule has 0 aromatic heterocycles. The summed E-state index contributed by atoms with van der Waals surface area (Å²) < 4.78 is 0. The monoisotopic (exact) mass is 179 g/mol. The topological polar surface area (TPSA) is 20.3 Å². The van der Waals surface area contributed by atoms with Crippen molar-refractivity contribution in [3.8, 4) is 0 Å². The summed E-state index contributed by atoms with van der Waals surface area (Å²) in [6.45, 7) is 4.17. The average molecular weight is 179 g/mol. The SMILES string of the molecule is CC1CC=CCC1C(=O)N1CCC1. The van der Waals surface area contributed by atoms with Gasteiger partial charge in [-0.1, -0.05) is 19.1 Å². The van der Waals surface area contributed by atoms with Gasteiger partial charge in [-0.15, -0.1) is 0 Å². The molecule has 2 atom stereocenters. The van der Waals surface area contributed by atoms with Crippen LogP contribution in [0.3, 0.4) is 0 Å². The third-order valence-corrected chi connectivity index (χ3v) is 3.24. The number of allylic oxidation sites excluding steroid dienone is 2. The fourth-order valence-corrected chi connectivity index (χ4v) is 2.07. The van der Waals surface area contributed by atoms with Gasteiger partial charge >= 0.3 is 0 Å². The molecular formula is C11H17NO. The van der Waals surface area contributed by atoms with Crippen molar-refractivity contribution in [3.63, 3.8) is 0 Å². The van der Waals surface area contributed by atoms with E-state index in [2.05, 4.69) is 19.1 Å². The van der Waals surface area contributed by atoms with Crippen molar-refractivity contribution in [2.45, 2.75) is 26.2 Å². The number of hydrogen-bond donors (Lipinski definition) is 0. The molecular weight excluding hydrogens is 162 g/mol. The number of rotatable bonds is 1. The van der Waals surface area contributed by atoms with Crippen molar-refractivity contribution in [1.82, 2.24) is 4.90 Å². The Hall–Kier alpha value is -0.790. The normalized spacial score (nSPS) is 32.8. The zero-order valence-corrected chi connectivity index (χ0v) is 8.20. The summed E-state index contributed by atoms with van der Waals surface area (Å²) in [5.74, 6) is 1.20. The summed E-state index contributed by atoms with van der Waals surface area (Å²) in [5.41, 5.74) is 0. The highest BCUT2D eigenvalue weighted by atomic mass is 16.2. The highest BCUT2D eigenvalue weighted by Crippen LogP contribution is 2.28. The largest absolute Gasteiger partial charge is 0.342 e. The second kappa shape index (κ2) is 3.52. The molecule has 1 aliphatic heterocycles. The Labute approximate surface area is 79.6 Å². The molecule has 0 spiro atoms.